The summed E-state index contributed by atoms with van der Waals surface area (Å²) in [6.07, 6.45) is 4.30. The van der Waals surface area contributed by atoms with Crippen molar-refractivity contribution in [3.8, 4) is 17.1 Å². The normalized spacial score (nSPS) is 20.0. The maximum Gasteiger partial charge on any atom is 0.278 e. The molecule has 3 aliphatic heterocycles. The lowest BCUT2D eigenvalue weighted by molar-refractivity contribution is 0.100. The molecule has 9 heteroatoms. The number of ether oxygens (including phenoxy) is 2. The van der Waals surface area contributed by atoms with Crippen LogP contribution in [0.15, 0.2) is 41.5 Å². The number of pyridine rings is 1. The molecule has 5 heterocycles. The van der Waals surface area contributed by atoms with Crippen molar-refractivity contribution in [1.82, 2.24) is 14.8 Å². The minimum Gasteiger partial charge on any atom is -0.477 e. The first-order chi connectivity index (χ1) is 18.5. The number of amides is 1. The maximum atomic E-state index is 13.6. The highest BCUT2D eigenvalue weighted by molar-refractivity contribution is 6.13. The third kappa shape index (κ3) is 4.78. The fraction of sp³-hybridized carbons (Fsp3) is 0.448. The molecule has 3 aromatic rings. The second-order valence-corrected chi connectivity index (χ2v) is 10.5. The van der Waals surface area contributed by atoms with Crippen molar-refractivity contribution in [2.45, 2.75) is 33.1 Å². The van der Waals surface area contributed by atoms with Gasteiger partial charge in [0.05, 0.1) is 37.3 Å². The number of amidine groups is 1. The van der Waals surface area contributed by atoms with E-state index in [1.165, 1.54) is 11.3 Å². The van der Waals surface area contributed by atoms with Gasteiger partial charge in [0, 0.05) is 55.7 Å². The van der Waals surface area contributed by atoms with E-state index in [0.29, 0.717) is 36.1 Å². The Kier molecular flexibility index (Phi) is 6.61. The highest BCUT2D eigenvalue weighted by Crippen LogP contribution is 2.35. The first-order valence-electron chi connectivity index (χ1n) is 13.4. The molecule has 0 spiro atoms. The molecule has 2 bridgehead atoms. The van der Waals surface area contributed by atoms with Crippen LogP contribution in [0.2, 0.25) is 0 Å². The highest BCUT2D eigenvalue weighted by Gasteiger charge is 2.29. The summed E-state index contributed by atoms with van der Waals surface area (Å²) in [4.78, 5) is 27.6. The number of aryl methyl sites for hydroxylation is 2. The summed E-state index contributed by atoms with van der Waals surface area (Å²) in [5.41, 5.74) is 6.27. The van der Waals surface area contributed by atoms with Crippen LogP contribution in [0.25, 0.3) is 11.3 Å². The van der Waals surface area contributed by atoms with Crippen molar-refractivity contribution in [2.75, 3.05) is 49.3 Å². The van der Waals surface area contributed by atoms with Gasteiger partial charge >= 0.3 is 0 Å². The Morgan fingerprint density at radius 1 is 1.08 bits per heavy atom. The number of hydrogen-bond donors (Lipinski definition) is 0. The number of aromatic nitrogens is 3. The molecule has 0 unspecified atom stereocenters. The number of fused-ring (bicyclic) bond motifs is 7. The van der Waals surface area contributed by atoms with Crippen molar-refractivity contribution in [2.24, 2.45) is 18.0 Å². The predicted octanol–water partition coefficient (Wildman–Crippen LogP) is 4.04. The molecule has 0 aliphatic carbocycles. The van der Waals surface area contributed by atoms with Crippen molar-refractivity contribution < 1.29 is 14.3 Å². The van der Waals surface area contributed by atoms with Crippen molar-refractivity contribution in [3.63, 3.8) is 0 Å². The lowest BCUT2D eigenvalue weighted by atomic mass is 10.0. The predicted molar refractivity (Wildman–Crippen MR) is 147 cm³/mol. The molecule has 0 N–H and O–H groups in total. The number of anilines is 2. The fourth-order valence-corrected chi connectivity index (χ4v) is 5.57. The second kappa shape index (κ2) is 10.2. The Morgan fingerprint density at radius 2 is 1.92 bits per heavy atom. The highest BCUT2D eigenvalue weighted by atomic mass is 16.5. The molecule has 3 aliphatic rings. The first kappa shape index (κ1) is 24.6. The van der Waals surface area contributed by atoms with Crippen molar-refractivity contribution in [3.05, 3.63) is 53.3 Å². The molecule has 9 nitrogen and oxygen atoms in total. The van der Waals surface area contributed by atoms with E-state index < -0.39 is 0 Å². The summed E-state index contributed by atoms with van der Waals surface area (Å²) in [5, 5.41) is 4.39. The number of rotatable bonds is 1. The van der Waals surface area contributed by atoms with E-state index >= 15 is 0 Å². The maximum absolute atomic E-state index is 13.6. The van der Waals surface area contributed by atoms with E-state index in [-0.39, 0.29) is 5.91 Å². The van der Waals surface area contributed by atoms with Crippen LogP contribution in [0, 0.1) is 12.8 Å². The summed E-state index contributed by atoms with van der Waals surface area (Å²) >= 11 is 0. The Hall–Kier alpha value is -3.72. The van der Waals surface area contributed by atoms with Crippen molar-refractivity contribution >= 4 is 23.1 Å². The van der Waals surface area contributed by atoms with Gasteiger partial charge in [-0.2, -0.15) is 10.1 Å². The summed E-state index contributed by atoms with van der Waals surface area (Å²) < 4.78 is 13.5. The fourth-order valence-electron chi connectivity index (χ4n) is 5.57. The van der Waals surface area contributed by atoms with Gasteiger partial charge in [0.15, 0.2) is 0 Å². The van der Waals surface area contributed by atoms with Gasteiger partial charge in [-0.15, -0.1) is 0 Å². The first-order valence-corrected chi connectivity index (χ1v) is 13.4. The van der Waals surface area contributed by atoms with E-state index in [0.717, 1.165) is 68.5 Å². The van der Waals surface area contributed by atoms with Crippen LogP contribution < -0.4 is 14.5 Å². The SMILES string of the molecule is Cc1cc2cc(n1)-c1cnn(C)c1OCCC[C@@H](C)CN1C(=NC2=O)Cc2ccc(N3CCOCC3)cc21. The number of carbonyl (C=O) groups is 1. The standard InChI is InChI=1S/C29H34N6O3/c1-19-5-4-10-38-29-24(17-30-33(29)3)25-14-22(13-20(2)31-25)28(36)32-27-15-21-6-7-23(16-26(21)35(27)18-19)34-8-11-37-12-9-34/h6-7,13-14,16-17,19H,4-5,8-12,15,18H2,1-3H3/t19-/m1/s1. The van der Waals surface area contributed by atoms with E-state index in [1.807, 2.05) is 14.0 Å². The van der Waals surface area contributed by atoms with Gasteiger partial charge in [-0.3, -0.25) is 9.78 Å². The van der Waals surface area contributed by atoms with Gasteiger partial charge in [0.1, 0.15) is 5.84 Å². The number of hydrogen-bond acceptors (Lipinski definition) is 7. The molecule has 1 saturated heterocycles. The minimum absolute atomic E-state index is 0.258. The summed E-state index contributed by atoms with van der Waals surface area (Å²) in [7, 11) is 1.86. The Labute approximate surface area is 223 Å². The zero-order chi connectivity index (χ0) is 26.2. The molecular weight excluding hydrogens is 480 g/mol. The van der Waals surface area contributed by atoms with Gasteiger partial charge in [0.2, 0.25) is 5.88 Å². The van der Waals surface area contributed by atoms with Crippen LogP contribution >= 0.6 is 0 Å². The Morgan fingerprint density at radius 3 is 2.76 bits per heavy atom. The third-order valence-electron chi connectivity index (χ3n) is 7.56. The molecule has 1 amide bonds. The van der Waals surface area contributed by atoms with Crippen LogP contribution in [0.4, 0.5) is 11.4 Å². The van der Waals surface area contributed by atoms with E-state index in [4.69, 9.17) is 14.5 Å². The van der Waals surface area contributed by atoms with Crippen LogP contribution in [0.5, 0.6) is 5.88 Å². The smallest absolute Gasteiger partial charge is 0.278 e. The molecule has 1 aromatic carbocycles. The molecule has 198 valence electrons. The summed E-state index contributed by atoms with van der Waals surface area (Å²) in [5.74, 6) is 1.60. The summed E-state index contributed by atoms with van der Waals surface area (Å²) in [6.45, 7) is 8.80. The van der Waals surface area contributed by atoms with Crippen LogP contribution in [0.3, 0.4) is 0 Å². The molecule has 1 fully saturated rings. The number of morpholine rings is 1. The second-order valence-electron chi connectivity index (χ2n) is 10.5. The molecule has 0 saturated carbocycles. The average Bonchev–Trinajstić information content (AvgIpc) is 3.45. The number of nitrogens with zero attached hydrogens (tertiary/aromatic N) is 6. The average molecular weight is 515 g/mol. The zero-order valence-electron chi connectivity index (χ0n) is 22.3. The Balaban J connectivity index is 1.39. The molecule has 1 atom stereocenters. The lowest BCUT2D eigenvalue weighted by Gasteiger charge is -2.30. The number of carbonyl (C=O) groups excluding carboxylic acids is 1. The van der Waals surface area contributed by atoms with Gasteiger partial charge in [-0.1, -0.05) is 13.0 Å². The largest absolute Gasteiger partial charge is 0.477 e. The topological polar surface area (TPSA) is 85.1 Å². The molecule has 6 rings (SSSR count). The van der Waals surface area contributed by atoms with Crippen LogP contribution in [0.1, 0.15) is 41.4 Å². The van der Waals surface area contributed by atoms with Crippen LogP contribution in [-0.4, -0.2) is 66.0 Å². The van der Waals surface area contributed by atoms with Gasteiger partial charge in [0.25, 0.3) is 5.91 Å². The van der Waals surface area contributed by atoms with Crippen molar-refractivity contribution in [1.29, 1.82) is 0 Å². The zero-order valence-corrected chi connectivity index (χ0v) is 22.3. The number of benzene rings is 1. The molecular formula is C29H34N6O3. The lowest BCUT2D eigenvalue weighted by Crippen LogP contribution is -2.36. The van der Waals surface area contributed by atoms with E-state index in [9.17, 15) is 4.79 Å². The minimum atomic E-state index is -0.258. The van der Waals surface area contributed by atoms with Gasteiger partial charge < -0.3 is 19.3 Å². The quantitative estimate of drug-likeness (QED) is 0.485. The monoisotopic (exact) mass is 514 g/mol. The number of aliphatic imine (C=N–C) groups is 1. The van der Waals surface area contributed by atoms with Crippen LogP contribution in [-0.2, 0) is 18.2 Å². The molecule has 0 radical (unpaired) electrons. The third-order valence-corrected chi connectivity index (χ3v) is 7.56. The van der Waals surface area contributed by atoms with E-state index in [1.54, 1.807) is 23.0 Å². The van der Waals surface area contributed by atoms with Gasteiger partial charge in [-0.25, -0.2) is 4.68 Å². The van der Waals surface area contributed by atoms with Gasteiger partial charge in [-0.05, 0) is 55.5 Å². The Bertz CT molecular complexity index is 1390. The van der Waals surface area contributed by atoms with E-state index in [2.05, 4.69) is 45.0 Å². The molecule has 38 heavy (non-hydrogen) atoms. The molecule has 2 aromatic heterocycles. The summed E-state index contributed by atoms with van der Waals surface area (Å²) in [6, 6.07) is 10.2.